The number of aromatic nitrogens is 1. The van der Waals surface area contributed by atoms with Gasteiger partial charge in [0.05, 0.1) is 5.69 Å². The SMILES string of the molecule is CC(C)c1csc(NC(=O)CCC2CCCNC2)n1. The second kappa shape index (κ2) is 7.01. The number of carbonyl (C=O) groups is 1. The number of nitrogens with zero attached hydrogens (tertiary/aromatic N) is 1. The smallest absolute Gasteiger partial charge is 0.226 e. The Kier molecular flexibility index (Phi) is 5.34. The fourth-order valence-electron chi connectivity index (χ4n) is 2.30. The minimum absolute atomic E-state index is 0.0928. The molecule has 1 aliphatic rings. The van der Waals surface area contributed by atoms with Crippen LogP contribution in [0.5, 0.6) is 0 Å². The zero-order valence-electron chi connectivity index (χ0n) is 11.7. The van der Waals surface area contributed by atoms with Crippen molar-refractivity contribution in [1.29, 1.82) is 0 Å². The van der Waals surface area contributed by atoms with Gasteiger partial charge < -0.3 is 10.6 Å². The molecule has 1 amide bonds. The largest absolute Gasteiger partial charge is 0.316 e. The highest BCUT2D eigenvalue weighted by Crippen LogP contribution is 2.22. The summed E-state index contributed by atoms with van der Waals surface area (Å²) in [6, 6.07) is 0. The molecule has 1 aromatic heterocycles. The first-order chi connectivity index (χ1) is 9.15. The zero-order valence-corrected chi connectivity index (χ0v) is 12.6. The number of anilines is 1. The first-order valence-electron chi connectivity index (χ1n) is 7.11. The van der Waals surface area contributed by atoms with E-state index in [1.165, 1.54) is 24.2 Å². The Hall–Kier alpha value is -0.940. The summed E-state index contributed by atoms with van der Waals surface area (Å²) < 4.78 is 0. The fraction of sp³-hybridized carbons (Fsp3) is 0.714. The Labute approximate surface area is 119 Å². The molecule has 1 aromatic rings. The van der Waals surface area contributed by atoms with Crippen LogP contribution in [0.15, 0.2) is 5.38 Å². The monoisotopic (exact) mass is 281 g/mol. The molecule has 0 saturated carbocycles. The molecule has 0 aromatic carbocycles. The summed E-state index contributed by atoms with van der Waals surface area (Å²) in [5.74, 6) is 1.16. The van der Waals surface area contributed by atoms with Crippen molar-refractivity contribution in [2.45, 2.75) is 45.4 Å². The van der Waals surface area contributed by atoms with Crippen molar-refractivity contribution in [2.75, 3.05) is 18.4 Å². The standard InChI is InChI=1S/C14H23N3OS/c1-10(2)12-9-19-14(16-12)17-13(18)6-5-11-4-3-7-15-8-11/h9-11,15H,3-8H2,1-2H3,(H,16,17,18). The Bertz CT molecular complexity index is 411. The van der Waals surface area contributed by atoms with Gasteiger partial charge in [-0.2, -0.15) is 0 Å². The molecule has 2 rings (SSSR count). The lowest BCUT2D eigenvalue weighted by Gasteiger charge is -2.22. The van der Waals surface area contributed by atoms with Crippen molar-refractivity contribution in [3.05, 3.63) is 11.1 Å². The van der Waals surface area contributed by atoms with Gasteiger partial charge in [0.2, 0.25) is 5.91 Å². The second-order valence-electron chi connectivity index (χ2n) is 5.53. The summed E-state index contributed by atoms with van der Waals surface area (Å²) in [7, 11) is 0. The number of hydrogen-bond donors (Lipinski definition) is 2. The van der Waals surface area contributed by atoms with Crippen molar-refractivity contribution < 1.29 is 4.79 Å². The van der Waals surface area contributed by atoms with E-state index in [2.05, 4.69) is 29.5 Å². The van der Waals surface area contributed by atoms with Gasteiger partial charge in [0, 0.05) is 11.8 Å². The van der Waals surface area contributed by atoms with E-state index >= 15 is 0 Å². The first-order valence-corrected chi connectivity index (χ1v) is 7.99. The summed E-state index contributed by atoms with van der Waals surface area (Å²) in [4.78, 5) is 16.3. The molecule has 106 valence electrons. The number of piperidine rings is 1. The van der Waals surface area contributed by atoms with Crippen LogP contribution in [0.25, 0.3) is 0 Å². The van der Waals surface area contributed by atoms with Crippen LogP contribution < -0.4 is 10.6 Å². The number of nitrogens with one attached hydrogen (secondary N) is 2. The molecular formula is C14H23N3OS. The third kappa shape index (κ3) is 4.58. The van der Waals surface area contributed by atoms with E-state index in [-0.39, 0.29) is 5.91 Å². The maximum absolute atomic E-state index is 11.9. The van der Waals surface area contributed by atoms with E-state index in [9.17, 15) is 4.79 Å². The van der Waals surface area contributed by atoms with Crippen molar-refractivity contribution in [2.24, 2.45) is 5.92 Å². The molecule has 1 aliphatic heterocycles. The van der Waals surface area contributed by atoms with Crippen LogP contribution in [0.2, 0.25) is 0 Å². The Morgan fingerprint density at radius 2 is 2.47 bits per heavy atom. The van der Waals surface area contributed by atoms with Crippen LogP contribution in [-0.2, 0) is 4.79 Å². The minimum atomic E-state index is 0.0928. The molecule has 1 unspecified atom stereocenters. The summed E-state index contributed by atoms with van der Waals surface area (Å²) in [5.41, 5.74) is 1.05. The van der Waals surface area contributed by atoms with Gasteiger partial charge >= 0.3 is 0 Å². The predicted octanol–water partition coefficient (Wildman–Crippen LogP) is 2.98. The molecule has 19 heavy (non-hydrogen) atoms. The maximum atomic E-state index is 11.9. The number of thiazole rings is 1. The summed E-state index contributed by atoms with van der Waals surface area (Å²) in [5, 5.41) is 9.04. The third-order valence-corrected chi connectivity index (χ3v) is 4.31. The average molecular weight is 281 g/mol. The van der Waals surface area contributed by atoms with Crippen LogP contribution in [0.1, 0.15) is 51.1 Å². The normalized spacial score (nSPS) is 19.6. The van der Waals surface area contributed by atoms with Crippen molar-refractivity contribution >= 4 is 22.4 Å². The Morgan fingerprint density at radius 1 is 1.63 bits per heavy atom. The lowest BCUT2D eigenvalue weighted by molar-refractivity contribution is -0.116. The van der Waals surface area contributed by atoms with E-state index < -0.39 is 0 Å². The summed E-state index contributed by atoms with van der Waals surface area (Å²) >= 11 is 1.51. The molecule has 0 bridgehead atoms. The van der Waals surface area contributed by atoms with Gasteiger partial charge in [-0.1, -0.05) is 13.8 Å². The van der Waals surface area contributed by atoms with Crippen molar-refractivity contribution in [3.63, 3.8) is 0 Å². The fourth-order valence-corrected chi connectivity index (χ4v) is 3.18. The van der Waals surface area contributed by atoms with Gasteiger partial charge in [-0.3, -0.25) is 4.79 Å². The lowest BCUT2D eigenvalue weighted by atomic mass is 9.94. The molecule has 4 nitrogen and oxygen atoms in total. The number of hydrogen-bond acceptors (Lipinski definition) is 4. The second-order valence-corrected chi connectivity index (χ2v) is 6.39. The molecule has 1 atom stereocenters. The highest BCUT2D eigenvalue weighted by atomic mass is 32.1. The van der Waals surface area contributed by atoms with Gasteiger partial charge in [0.15, 0.2) is 5.13 Å². The average Bonchev–Trinajstić information content (AvgIpc) is 2.86. The Morgan fingerprint density at radius 3 is 3.11 bits per heavy atom. The van der Waals surface area contributed by atoms with Crippen LogP contribution in [0.3, 0.4) is 0 Å². The van der Waals surface area contributed by atoms with Gasteiger partial charge in [0.25, 0.3) is 0 Å². The molecule has 2 N–H and O–H groups in total. The van der Waals surface area contributed by atoms with Crippen molar-refractivity contribution in [1.82, 2.24) is 10.3 Å². The number of carbonyl (C=O) groups excluding carboxylic acids is 1. The van der Waals surface area contributed by atoms with Crippen LogP contribution in [0, 0.1) is 5.92 Å². The molecule has 1 fully saturated rings. The van der Waals surface area contributed by atoms with E-state index in [4.69, 9.17) is 0 Å². The number of rotatable bonds is 5. The predicted molar refractivity (Wildman–Crippen MR) is 79.7 cm³/mol. The molecule has 5 heteroatoms. The first kappa shape index (κ1) is 14.5. The lowest BCUT2D eigenvalue weighted by Crippen LogP contribution is -2.30. The Balaban J connectivity index is 1.73. The van der Waals surface area contributed by atoms with Crippen LogP contribution in [0.4, 0.5) is 5.13 Å². The van der Waals surface area contributed by atoms with Gasteiger partial charge in [0.1, 0.15) is 0 Å². The molecule has 0 radical (unpaired) electrons. The minimum Gasteiger partial charge on any atom is -0.316 e. The van der Waals surface area contributed by atoms with E-state index in [1.807, 2.05) is 5.38 Å². The highest BCUT2D eigenvalue weighted by Gasteiger charge is 2.15. The topological polar surface area (TPSA) is 54.0 Å². The van der Waals surface area contributed by atoms with Gasteiger partial charge in [-0.15, -0.1) is 11.3 Å². The highest BCUT2D eigenvalue weighted by molar-refractivity contribution is 7.13. The summed E-state index contributed by atoms with van der Waals surface area (Å²) in [6.07, 6.45) is 4.05. The maximum Gasteiger partial charge on any atom is 0.226 e. The third-order valence-electron chi connectivity index (χ3n) is 3.54. The molecule has 0 spiro atoms. The molecule has 1 saturated heterocycles. The molecule has 2 heterocycles. The van der Waals surface area contributed by atoms with Crippen LogP contribution >= 0.6 is 11.3 Å². The van der Waals surface area contributed by atoms with Gasteiger partial charge in [-0.25, -0.2) is 4.98 Å². The van der Waals surface area contributed by atoms with Crippen molar-refractivity contribution in [3.8, 4) is 0 Å². The van der Waals surface area contributed by atoms with E-state index in [0.717, 1.165) is 30.3 Å². The zero-order chi connectivity index (χ0) is 13.7. The number of amides is 1. The molecular weight excluding hydrogens is 258 g/mol. The molecule has 0 aliphatic carbocycles. The van der Waals surface area contributed by atoms with E-state index in [0.29, 0.717) is 18.3 Å². The summed E-state index contributed by atoms with van der Waals surface area (Å²) in [6.45, 7) is 6.40. The quantitative estimate of drug-likeness (QED) is 0.872. The van der Waals surface area contributed by atoms with Crippen LogP contribution in [-0.4, -0.2) is 24.0 Å². The van der Waals surface area contributed by atoms with Gasteiger partial charge in [-0.05, 0) is 44.2 Å². The van der Waals surface area contributed by atoms with E-state index in [1.54, 1.807) is 0 Å².